The van der Waals surface area contributed by atoms with E-state index in [2.05, 4.69) is 0 Å². The molecule has 0 saturated heterocycles. The molecule has 1 aromatic rings. The SMILES string of the molecule is CC=C(C)c1ccc(C(=O)O)s1. The molecule has 3 heteroatoms. The molecule has 0 aliphatic heterocycles. The Kier molecular flexibility index (Phi) is 2.65. The molecular weight excluding hydrogens is 172 g/mol. The van der Waals surface area contributed by atoms with E-state index in [1.54, 1.807) is 6.07 Å². The van der Waals surface area contributed by atoms with E-state index in [4.69, 9.17) is 5.11 Å². The first-order chi connectivity index (χ1) is 5.65. The summed E-state index contributed by atoms with van der Waals surface area (Å²) >= 11 is 1.31. The maximum Gasteiger partial charge on any atom is 0.345 e. The van der Waals surface area contributed by atoms with Gasteiger partial charge in [0.15, 0.2) is 0 Å². The molecule has 0 atom stereocenters. The van der Waals surface area contributed by atoms with Crippen LogP contribution in [0, 0.1) is 0 Å². The van der Waals surface area contributed by atoms with Crippen molar-refractivity contribution in [2.24, 2.45) is 0 Å². The van der Waals surface area contributed by atoms with E-state index in [1.165, 1.54) is 11.3 Å². The molecule has 0 saturated carbocycles. The smallest absolute Gasteiger partial charge is 0.345 e. The average Bonchev–Trinajstić information content (AvgIpc) is 2.51. The van der Waals surface area contributed by atoms with Crippen molar-refractivity contribution in [3.05, 3.63) is 28.0 Å². The Morgan fingerprint density at radius 2 is 2.08 bits per heavy atom. The van der Waals surface area contributed by atoms with E-state index >= 15 is 0 Å². The zero-order valence-corrected chi connectivity index (χ0v) is 7.81. The highest BCUT2D eigenvalue weighted by atomic mass is 32.1. The van der Waals surface area contributed by atoms with Crippen LogP contribution in [0.4, 0.5) is 0 Å². The second-order valence-electron chi connectivity index (χ2n) is 2.44. The molecule has 0 amide bonds. The lowest BCUT2D eigenvalue weighted by Gasteiger charge is -1.91. The van der Waals surface area contributed by atoms with E-state index < -0.39 is 5.97 Å². The minimum Gasteiger partial charge on any atom is -0.477 e. The fourth-order valence-corrected chi connectivity index (χ4v) is 1.68. The number of thiophene rings is 1. The summed E-state index contributed by atoms with van der Waals surface area (Å²) in [6.07, 6.45) is 1.97. The number of hydrogen-bond acceptors (Lipinski definition) is 2. The fraction of sp³-hybridized carbons (Fsp3) is 0.222. The molecule has 0 fully saturated rings. The zero-order chi connectivity index (χ0) is 9.14. The number of rotatable bonds is 2. The first-order valence-corrected chi connectivity index (χ1v) is 4.43. The average molecular weight is 182 g/mol. The number of aromatic carboxylic acids is 1. The quantitative estimate of drug-likeness (QED) is 0.763. The second kappa shape index (κ2) is 3.54. The highest BCUT2D eigenvalue weighted by molar-refractivity contribution is 7.15. The van der Waals surface area contributed by atoms with Crippen molar-refractivity contribution in [1.82, 2.24) is 0 Å². The van der Waals surface area contributed by atoms with Crippen LogP contribution in [-0.2, 0) is 0 Å². The molecule has 12 heavy (non-hydrogen) atoms. The van der Waals surface area contributed by atoms with Gasteiger partial charge in [0, 0.05) is 4.88 Å². The van der Waals surface area contributed by atoms with Gasteiger partial charge < -0.3 is 5.11 Å². The van der Waals surface area contributed by atoms with E-state index in [0.29, 0.717) is 4.88 Å². The van der Waals surface area contributed by atoms with E-state index in [9.17, 15) is 4.79 Å². The predicted molar refractivity (Wildman–Crippen MR) is 50.6 cm³/mol. The monoisotopic (exact) mass is 182 g/mol. The summed E-state index contributed by atoms with van der Waals surface area (Å²) in [7, 11) is 0. The number of allylic oxidation sites excluding steroid dienone is 2. The minimum absolute atomic E-state index is 0.395. The van der Waals surface area contributed by atoms with Gasteiger partial charge in [-0.1, -0.05) is 6.08 Å². The maximum atomic E-state index is 10.5. The Hall–Kier alpha value is -1.09. The molecule has 0 unspecified atom stereocenters. The van der Waals surface area contributed by atoms with Crippen molar-refractivity contribution in [2.45, 2.75) is 13.8 Å². The molecule has 1 aromatic heterocycles. The van der Waals surface area contributed by atoms with E-state index in [1.807, 2.05) is 26.0 Å². The molecule has 0 bridgehead atoms. The molecule has 0 aromatic carbocycles. The van der Waals surface area contributed by atoms with Gasteiger partial charge in [0.2, 0.25) is 0 Å². The van der Waals surface area contributed by atoms with Gasteiger partial charge >= 0.3 is 5.97 Å². The summed E-state index contributed by atoms with van der Waals surface area (Å²) in [5.41, 5.74) is 1.12. The fourth-order valence-electron chi connectivity index (χ4n) is 0.807. The summed E-state index contributed by atoms with van der Waals surface area (Å²) in [6, 6.07) is 3.47. The first kappa shape index (κ1) is 9.00. The summed E-state index contributed by atoms with van der Waals surface area (Å²) < 4.78 is 0. The number of carboxylic acids is 1. The summed E-state index contributed by atoms with van der Waals surface area (Å²) in [5, 5.41) is 8.64. The largest absolute Gasteiger partial charge is 0.477 e. The third-order valence-corrected chi connectivity index (χ3v) is 2.85. The molecule has 1 rings (SSSR count). The van der Waals surface area contributed by atoms with Crippen molar-refractivity contribution >= 4 is 22.9 Å². The van der Waals surface area contributed by atoms with Crippen molar-refractivity contribution in [3.8, 4) is 0 Å². The molecular formula is C9H10O2S. The van der Waals surface area contributed by atoms with Crippen LogP contribution >= 0.6 is 11.3 Å². The van der Waals surface area contributed by atoms with Gasteiger partial charge in [-0.15, -0.1) is 11.3 Å². The van der Waals surface area contributed by atoms with Crippen LogP contribution in [-0.4, -0.2) is 11.1 Å². The van der Waals surface area contributed by atoms with Gasteiger partial charge in [0.25, 0.3) is 0 Å². The highest BCUT2D eigenvalue weighted by Gasteiger charge is 2.06. The lowest BCUT2D eigenvalue weighted by atomic mass is 10.2. The Labute approximate surface area is 75.2 Å². The van der Waals surface area contributed by atoms with E-state index in [0.717, 1.165) is 10.5 Å². The van der Waals surface area contributed by atoms with Gasteiger partial charge in [-0.2, -0.15) is 0 Å². The van der Waals surface area contributed by atoms with Crippen molar-refractivity contribution in [3.63, 3.8) is 0 Å². The Morgan fingerprint density at radius 1 is 1.50 bits per heavy atom. The van der Waals surface area contributed by atoms with Gasteiger partial charge in [-0.25, -0.2) is 4.79 Å². The number of carboxylic acid groups (broad SMARTS) is 1. The topological polar surface area (TPSA) is 37.3 Å². The molecule has 0 spiro atoms. The van der Waals surface area contributed by atoms with E-state index in [-0.39, 0.29) is 0 Å². The van der Waals surface area contributed by atoms with Crippen molar-refractivity contribution in [2.75, 3.05) is 0 Å². The summed E-state index contributed by atoms with van der Waals surface area (Å²) in [5.74, 6) is -0.852. The van der Waals surface area contributed by atoms with Gasteiger partial charge in [0.1, 0.15) is 4.88 Å². The molecule has 1 heterocycles. The van der Waals surface area contributed by atoms with Crippen molar-refractivity contribution < 1.29 is 9.90 Å². The minimum atomic E-state index is -0.852. The standard InChI is InChI=1S/C9H10O2S/c1-3-6(2)7-4-5-8(12-7)9(10)11/h3-5H,1-2H3,(H,10,11). The molecule has 2 nitrogen and oxygen atoms in total. The van der Waals surface area contributed by atoms with Crippen LogP contribution in [0.1, 0.15) is 28.4 Å². The van der Waals surface area contributed by atoms with Crippen LogP contribution in [0.3, 0.4) is 0 Å². The molecule has 64 valence electrons. The third kappa shape index (κ3) is 1.74. The van der Waals surface area contributed by atoms with Crippen LogP contribution in [0.15, 0.2) is 18.2 Å². The molecule has 0 aliphatic rings. The predicted octanol–water partition coefficient (Wildman–Crippen LogP) is 2.87. The summed E-state index contributed by atoms with van der Waals surface area (Å²) in [6.45, 7) is 3.91. The maximum absolute atomic E-state index is 10.5. The number of carbonyl (C=O) groups is 1. The Balaban J connectivity index is 2.99. The Bertz CT molecular complexity index is 323. The zero-order valence-electron chi connectivity index (χ0n) is 7.00. The van der Waals surface area contributed by atoms with Crippen LogP contribution < -0.4 is 0 Å². The molecule has 0 radical (unpaired) electrons. The van der Waals surface area contributed by atoms with Crippen LogP contribution in [0.2, 0.25) is 0 Å². The lowest BCUT2D eigenvalue weighted by molar-refractivity contribution is 0.0702. The normalized spacial score (nSPS) is 11.7. The second-order valence-corrected chi connectivity index (χ2v) is 3.52. The third-order valence-electron chi connectivity index (χ3n) is 1.64. The Morgan fingerprint density at radius 3 is 2.50 bits per heavy atom. The van der Waals surface area contributed by atoms with Crippen LogP contribution in [0.25, 0.3) is 5.57 Å². The summed E-state index contributed by atoms with van der Waals surface area (Å²) in [4.78, 5) is 11.9. The lowest BCUT2D eigenvalue weighted by Crippen LogP contribution is -1.89. The van der Waals surface area contributed by atoms with Gasteiger partial charge in [-0.3, -0.25) is 0 Å². The van der Waals surface area contributed by atoms with Crippen LogP contribution in [0.5, 0.6) is 0 Å². The molecule has 1 N–H and O–H groups in total. The van der Waals surface area contributed by atoms with Gasteiger partial charge in [0.05, 0.1) is 0 Å². The van der Waals surface area contributed by atoms with Gasteiger partial charge in [-0.05, 0) is 31.6 Å². The first-order valence-electron chi connectivity index (χ1n) is 3.61. The molecule has 0 aliphatic carbocycles. The van der Waals surface area contributed by atoms with Crippen molar-refractivity contribution in [1.29, 1.82) is 0 Å². The number of hydrogen-bond donors (Lipinski definition) is 1. The highest BCUT2D eigenvalue weighted by Crippen LogP contribution is 2.23.